The highest BCUT2D eigenvalue weighted by atomic mass is 79.9. The smallest absolute Gasteiger partial charge is 0.0460 e. The Balaban J connectivity index is 2.14. The third-order valence-corrected chi connectivity index (χ3v) is 4.12. The van der Waals surface area contributed by atoms with Gasteiger partial charge >= 0.3 is 0 Å². The topological polar surface area (TPSA) is 35.5 Å². The van der Waals surface area contributed by atoms with Crippen molar-refractivity contribution in [3.8, 4) is 0 Å². The third kappa shape index (κ3) is 3.25. The molecule has 1 heterocycles. The number of piperidine rings is 1. The minimum atomic E-state index is 0.329. The van der Waals surface area contributed by atoms with Gasteiger partial charge in [0.25, 0.3) is 0 Å². The van der Waals surface area contributed by atoms with E-state index in [1.54, 1.807) is 0 Å². The molecule has 0 unspecified atom stereocenters. The summed E-state index contributed by atoms with van der Waals surface area (Å²) < 4.78 is 1.13. The number of hydrogen-bond donors (Lipinski definition) is 2. The number of hydrogen-bond acceptors (Lipinski definition) is 3. The van der Waals surface area contributed by atoms with Crippen molar-refractivity contribution in [1.29, 1.82) is 0 Å². The van der Waals surface area contributed by atoms with Gasteiger partial charge in [0.15, 0.2) is 0 Å². The van der Waals surface area contributed by atoms with Gasteiger partial charge in [0.05, 0.1) is 0 Å². The first-order chi connectivity index (χ1) is 8.74. The van der Waals surface area contributed by atoms with Gasteiger partial charge in [-0.25, -0.2) is 0 Å². The molecule has 1 saturated heterocycles. The summed E-state index contributed by atoms with van der Waals surface area (Å²) in [7, 11) is 1.98. The van der Waals surface area contributed by atoms with Gasteiger partial charge in [0.2, 0.25) is 0 Å². The van der Waals surface area contributed by atoms with Gasteiger partial charge in [-0.1, -0.05) is 22.0 Å². The monoisotopic (exact) mass is 312 g/mol. The lowest BCUT2D eigenvalue weighted by atomic mass is 9.97. The summed E-state index contributed by atoms with van der Waals surface area (Å²) in [6.07, 6.45) is 2.17. The maximum atomic E-state index is 9.19. The molecule has 0 amide bonds. The van der Waals surface area contributed by atoms with E-state index in [4.69, 9.17) is 0 Å². The first-order valence-corrected chi connectivity index (χ1v) is 7.32. The van der Waals surface area contributed by atoms with Crippen LogP contribution >= 0.6 is 15.9 Å². The second-order valence-corrected chi connectivity index (χ2v) is 5.83. The van der Waals surface area contributed by atoms with Crippen LogP contribution in [-0.2, 0) is 6.54 Å². The molecule has 3 nitrogen and oxygen atoms in total. The predicted octanol–water partition coefficient (Wildman–Crippen LogP) is 2.38. The SMILES string of the molecule is CNCc1ccc(Br)cc1N1CCC(CO)CC1. The summed E-state index contributed by atoms with van der Waals surface area (Å²) in [5, 5.41) is 12.4. The Kier molecular flexibility index (Phi) is 5.03. The highest BCUT2D eigenvalue weighted by molar-refractivity contribution is 9.10. The number of anilines is 1. The summed E-state index contributed by atoms with van der Waals surface area (Å²) in [6, 6.07) is 6.47. The molecule has 1 aromatic rings. The van der Waals surface area contributed by atoms with Crippen molar-refractivity contribution in [2.24, 2.45) is 5.92 Å². The Labute approximate surface area is 117 Å². The quantitative estimate of drug-likeness (QED) is 0.896. The zero-order valence-corrected chi connectivity index (χ0v) is 12.4. The van der Waals surface area contributed by atoms with Crippen LogP contribution in [0, 0.1) is 5.92 Å². The van der Waals surface area contributed by atoms with Crippen LogP contribution in [0.5, 0.6) is 0 Å². The Morgan fingerprint density at radius 1 is 1.39 bits per heavy atom. The molecular formula is C14H21BrN2O. The van der Waals surface area contributed by atoms with Gasteiger partial charge in [-0.3, -0.25) is 0 Å². The van der Waals surface area contributed by atoms with Gasteiger partial charge in [0.1, 0.15) is 0 Å². The Hall–Kier alpha value is -0.580. The standard InChI is InChI=1S/C14H21BrN2O/c1-16-9-12-2-3-13(15)8-14(12)17-6-4-11(10-18)5-7-17/h2-3,8,11,16,18H,4-7,9-10H2,1H3. The largest absolute Gasteiger partial charge is 0.396 e. The molecule has 1 fully saturated rings. The number of aliphatic hydroxyl groups excluding tert-OH is 1. The van der Waals surface area contributed by atoms with Gasteiger partial charge in [-0.15, -0.1) is 0 Å². The fourth-order valence-corrected chi connectivity index (χ4v) is 2.88. The first kappa shape index (κ1) is 13.8. The van der Waals surface area contributed by atoms with Crippen molar-refractivity contribution in [3.05, 3.63) is 28.2 Å². The molecular weight excluding hydrogens is 292 g/mol. The molecule has 1 aliphatic heterocycles. The molecule has 0 radical (unpaired) electrons. The van der Waals surface area contributed by atoms with Crippen LogP contribution in [0.3, 0.4) is 0 Å². The van der Waals surface area contributed by atoms with E-state index in [-0.39, 0.29) is 0 Å². The fourth-order valence-electron chi connectivity index (χ4n) is 2.53. The molecule has 0 aromatic heterocycles. The van der Waals surface area contributed by atoms with E-state index in [1.165, 1.54) is 11.3 Å². The molecule has 0 spiro atoms. The summed E-state index contributed by atoms with van der Waals surface area (Å²) >= 11 is 3.55. The summed E-state index contributed by atoms with van der Waals surface area (Å²) in [5.41, 5.74) is 2.65. The minimum absolute atomic E-state index is 0.329. The van der Waals surface area contributed by atoms with Gasteiger partial charge in [-0.05, 0) is 43.5 Å². The number of nitrogens with zero attached hydrogens (tertiary/aromatic N) is 1. The molecule has 2 N–H and O–H groups in total. The van der Waals surface area contributed by atoms with E-state index in [0.29, 0.717) is 12.5 Å². The van der Waals surface area contributed by atoms with Crippen molar-refractivity contribution in [3.63, 3.8) is 0 Å². The predicted molar refractivity (Wildman–Crippen MR) is 78.9 cm³/mol. The van der Waals surface area contributed by atoms with Crippen LogP contribution < -0.4 is 10.2 Å². The zero-order chi connectivity index (χ0) is 13.0. The highest BCUT2D eigenvalue weighted by Crippen LogP contribution is 2.29. The van der Waals surface area contributed by atoms with E-state index in [0.717, 1.165) is 36.9 Å². The number of nitrogens with one attached hydrogen (secondary N) is 1. The van der Waals surface area contributed by atoms with E-state index >= 15 is 0 Å². The number of halogens is 1. The Morgan fingerprint density at radius 2 is 2.11 bits per heavy atom. The van der Waals surface area contributed by atoms with E-state index in [1.807, 2.05) is 7.05 Å². The van der Waals surface area contributed by atoms with Gasteiger partial charge in [0, 0.05) is 36.4 Å². The first-order valence-electron chi connectivity index (χ1n) is 6.53. The molecule has 2 rings (SSSR count). The van der Waals surface area contributed by atoms with Gasteiger partial charge < -0.3 is 15.3 Å². The van der Waals surface area contributed by atoms with Crippen molar-refractivity contribution >= 4 is 21.6 Å². The van der Waals surface area contributed by atoms with Crippen LogP contribution in [0.1, 0.15) is 18.4 Å². The fraction of sp³-hybridized carbons (Fsp3) is 0.571. The molecule has 0 atom stereocenters. The van der Waals surface area contributed by atoms with Crippen LogP contribution in [0.15, 0.2) is 22.7 Å². The number of aliphatic hydroxyl groups is 1. The number of rotatable bonds is 4. The van der Waals surface area contributed by atoms with Crippen molar-refractivity contribution < 1.29 is 5.11 Å². The van der Waals surface area contributed by atoms with E-state index in [9.17, 15) is 5.11 Å². The molecule has 18 heavy (non-hydrogen) atoms. The molecule has 4 heteroatoms. The average Bonchev–Trinajstić information content (AvgIpc) is 2.41. The lowest BCUT2D eigenvalue weighted by Gasteiger charge is -2.34. The maximum Gasteiger partial charge on any atom is 0.0460 e. The van der Waals surface area contributed by atoms with Gasteiger partial charge in [-0.2, -0.15) is 0 Å². The molecule has 0 saturated carbocycles. The second-order valence-electron chi connectivity index (χ2n) is 4.92. The summed E-state index contributed by atoms with van der Waals surface area (Å²) in [6.45, 7) is 3.30. The summed E-state index contributed by atoms with van der Waals surface area (Å²) in [5.74, 6) is 0.487. The Morgan fingerprint density at radius 3 is 2.72 bits per heavy atom. The molecule has 0 aliphatic carbocycles. The van der Waals surface area contributed by atoms with Crippen LogP contribution in [0.2, 0.25) is 0 Å². The normalized spacial score (nSPS) is 17.2. The zero-order valence-electron chi connectivity index (χ0n) is 10.8. The molecule has 1 aliphatic rings. The molecule has 100 valence electrons. The molecule has 1 aromatic carbocycles. The van der Waals surface area contributed by atoms with Crippen molar-refractivity contribution in [2.75, 3.05) is 31.6 Å². The van der Waals surface area contributed by atoms with E-state index < -0.39 is 0 Å². The third-order valence-electron chi connectivity index (χ3n) is 3.63. The minimum Gasteiger partial charge on any atom is -0.396 e. The average molecular weight is 313 g/mol. The number of benzene rings is 1. The maximum absolute atomic E-state index is 9.19. The van der Waals surface area contributed by atoms with Crippen LogP contribution in [-0.4, -0.2) is 31.9 Å². The van der Waals surface area contributed by atoms with E-state index in [2.05, 4.69) is 44.3 Å². The molecule has 0 bridgehead atoms. The van der Waals surface area contributed by atoms with Crippen LogP contribution in [0.4, 0.5) is 5.69 Å². The van der Waals surface area contributed by atoms with Crippen molar-refractivity contribution in [1.82, 2.24) is 5.32 Å². The lowest BCUT2D eigenvalue weighted by molar-refractivity contribution is 0.203. The lowest BCUT2D eigenvalue weighted by Crippen LogP contribution is -2.35. The Bertz CT molecular complexity index is 389. The van der Waals surface area contributed by atoms with Crippen molar-refractivity contribution in [2.45, 2.75) is 19.4 Å². The highest BCUT2D eigenvalue weighted by Gasteiger charge is 2.20. The second kappa shape index (κ2) is 6.55. The summed E-state index contributed by atoms with van der Waals surface area (Å²) in [4.78, 5) is 2.43. The van der Waals surface area contributed by atoms with Crippen LogP contribution in [0.25, 0.3) is 0 Å².